The van der Waals surface area contributed by atoms with E-state index in [0.29, 0.717) is 45.1 Å². The van der Waals surface area contributed by atoms with Crippen LogP contribution in [0.3, 0.4) is 0 Å². The number of anilines is 1. The highest BCUT2D eigenvalue weighted by Gasteiger charge is 2.24. The summed E-state index contributed by atoms with van der Waals surface area (Å²) < 4.78 is 16.3. The summed E-state index contributed by atoms with van der Waals surface area (Å²) in [5.41, 5.74) is 1.95. The van der Waals surface area contributed by atoms with Crippen LogP contribution < -0.4 is 9.64 Å². The Morgan fingerprint density at radius 2 is 1.81 bits per heavy atom. The van der Waals surface area contributed by atoms with Crippen LogP contribution in [0.1, 0.15) is 10.4 Å². The van der Waals surface area contributed by atoms with Crippen LogP contribution in [0.4, 0.5) is 5.69 Å². The van der Waals surface area contributed by atoms with E-state index >= 15 is 0 Å². The van der Waals surface area contributed by atoms with Crippen molar-refractivity contribution < 1.29 is 23.2 Å². The Bertz CT molecular complexity index is 1290. The minimum Gasteiger partial charge on any atom is -0.482 e. The molecule has 32 heavy (non-hydrogen) atoms. The number of amides is 1. The standard InChI is InChI=1S/C22H16N4O5S/c1-26-14-10-13(6-7-16(14)31-11-19(26)28)15(27)12-32-22-23-20(17-4-2-8-29-17)21(24-25-22)18-5-3-9-30-18/h2-10H,11-12H2,1H3. The molecule has 0 N–H and O–H groups in total. The molecule has 160 valence electrons. The second kappa shape index (κ2) is 8.31. The zero-order valence-corrected chi connectivity index (χ0v) is 17.7. The van der Waals surface area contributed by atoms with Crippen molar-refractivity contribution in [3.8, 4) is 28.7 Å². The average molecular weight is 448 g/mol. The summed E-state index contributed by atoms with van der Waals surface area (Å²) in [6, 6.07) is 12.1. The van der Waals surface area contributed by atoms with E-state index in [-0.39, 0.29) is 24.1 Å². The van der Waals surface area contributed by atoms with Crippen LogP contribution in [0.5, 0.6) is 5.75 Å². The quantitative estimate of drug-likeness (QED) is 0.322. The van der Waals surface area contributed by atoms with E-state index < -0.39 is 0 Å². The van der Waals surface area contributed by atoms with Crippen molar-refractivity contribution in [2.24, 2.45) is 0 Å². The number of carbonyl (C=O) groups is 2. The summed E-state index contributed by atoms with van der Waals surface area (Å²) in [7, 11) is 1.66. The average Bonchev–Trinajstić information content (AvgIpc) is 3.54. The summed E-state index contributed by atoms with van der Waals surface area (Å²) in [4.78, 5) is 30.7. The fourth-order valence-corrected chi connectivity index (χ4v) is 3.88. The third-order valence-corrected chi connectivity index (χ3v) is 5.71. The molecule has 0 saturated carbocycles. The molecule has 0 spiro atoms. The van der Waals surface area contributed by atoms with Crippen molar-refractivity contribution in [1.29, 1.82) is 0 Å². The van der Waals surface area contributed by atoms with Gasteiger partial charge in [-0.1, -0.05) is 11.8 Å². The van der Waals surface area contributed by atoms with Gasteiger partial charge in [-0.05, 0) is 42.5 Å². The molecule has 3 aromatic heterocycles. The number of benzene rings is 1. The Hall–Kier alpha value is -3.92. The molecular weight excluding hydrogens is 432 g/mol. The predicted molar refractivity (Wildman–Crippen MR) is 116 cm³/mol. The van der Waals surface area contributed by atoms with Gasteiger partial charge in [-0.2, -0.15) is 0 Å². The van der Waals surface area contributed by atoms with Crippen LogP contribution in [0.25, 0.3) is 22.9 Å². The number of carbonyl (C=O) groups excluding carboxylic acids is 2. The van der Waals surface area contributed by atoms with Crippen molar-refractivity contribution >= 4 is 29.1 Å². The number of hydrogen-bond acceptors (Lipinski definition) is 9. The highest BCUT2D eigenvalue weighted by Crippen LogP contribution is 2.33. The van der Waals surface area contributed by atoms with Gasteiger partial charge in [0.15, 0.2) is 29.6 Å². The molecule has 9 nitrogen and oxygen atoms in total. The lowest BCUT2D eigenvalue weighted by Gasteiger charge is -2.26. The van der Waals surface area contributed by atoms with Crippen LogP contribution >= 0.6 is 11.8 Å². The Kier molecular flexibility index (Phi) is 5.20. The summed E-state index contributed by atoms with van der Waals surface area (Å²) in [6.45, 7) is -0.0109. The molecular formula is C22H16N4O5S. The number of likely N-dealkylation sites (N-methyl/N-ethyl adjacent to an activating group) is 1. The number of thioether (sulfide) groups is 1. The Labute approximate surface area is 186 Å². The van der Waals surface area contributed by atoms with Crippen LogP contribution in [-0.4, -0.2) is 46.3 Å². The molecule has 1 aliphatic heterocycles. The van der Waals surface area contributed by atoms with Gasteiger partial charge in [0.1, 0.15) is 11.4 Å². The predicted octanol–water partition coefficient (Wildman–Crippen LogP) is 3.72. The van der Waals surface area contributed by atoms with E-state index in [1.807, 2.05) is 0 Å². The fourth-order valence-electron chi connectivity index (χ4n) is 3.20. The number of ether oxygens (including phenoxy) is 1. The summed E-state index contributed by atoms with van der Waals surface area (Å²) in [5.74, 6) is 1.39. The van der Waals surface area contributed by atoms with E-state index in [1.54, 1.807) is 62.0 Å². The van der Waals surface area contributed by atoms with Crippen LogP contribution in [0.2, 0.25) is 0 Å². The molecule has 0 fully saturated rings. The molecule has 5 rings (SSSR count). The van der Waals surface area contributed by atoms with Gasteiger partial charge in [-0.15, -0.1) is 10.2 Å². The monoisotopic (exact) mass is 448 g/mol. The second-order valence-corrected chi connectivity index (χ2v) is 7.82. The molecule has 1 aromatic carbocycles. The Balaban J connectivity index is 1.37. The lowest BCUT2D eigenvalue weighted by Crippen LogP contribution is -2.35. The summed E-state index contributed by atoms with van der Waals surface area (Å²) in [5, 5.41) is 8.71. The first-order valence-corrected chi connectivity index (χ1v) is 10.6. The van der Waals surface area contributed by atoms with Crippen molar-refractivity contribution in [1.82, 2.24) is 15.2 Å². The number of ketones is 1. The Morgan fingerprint density at radius 1 is 1.06 bits per heavy atom. The van der Waals surface area contributed by atoms with Crippen molar-refractivity contribution in [2.45, 2.75) is 5.16 Å². The van der Waals surface area contributed by atoms with Crippen molar-refractivity contribution in [3.05, 3.63) is 60.6 Å². The highest BCUT2D eigenvalue weighted by atomic mass is 32.2. The largest absolute Gasteiger partial charge is 0.482 e. The van der Waals surface area contributed by atoms with Gasteiger partial charge in [0.05, 0.1) is 24.0 Å². The number of nitrogens with zero attached hydrogens (tertiary/aromatic N) is 4. The molecule has 4 heterocycles. The number of furan rings is 2. The van der Waals surface area contributed by atoms with Crippen LogP contribution in [0.15, 0.2) is 69.0 Å². The summed E-state index contributed by atoms with van der Waals surface area (Å²) >= 11 is 1.16. The fraction of sp³-hybridized carbons (Fsp3) is 0.136. The normalized spacial score (nSPS) is 13.0. The van der Waals surface area contributed by atoms with E-state index in [9.17, 15) is 9.59 Å². The number of rotatable bonds is 6. The number of aromatic nitrogens is 3. The summed E-state index contributed by atoms with van der Waals surface area (Å²) in [6.07, 6.45) is 3.08. The van der Waals surface area contributed by atoms with Gasteiger partial charge in [-0.25, -0.2) is 4.98 Å². The third-order valence-electron chi connectivity index (χ3n) is 4.88. The maximum absolute atomic E-state index is 12.8. The SMILES string of the molecule is CN1C(=O)COc2ccc(C(=O)CSc3nnc(-c4ccco4)c(-c4ccco4)n3)cc21. The van der Waals surface area contributed by atoms with E-state index in [2.05, 4.69) is 15.2 Å². The van der Waals surface area contributed by atoms with E-state index in [0.717, 1.165) is 11.8 Å². The molecule has 1 amide bonds. The van der Waals surface area contributed by atoms with Gasteiger partial charge in [0, 0.05) is 12.6 Å². The lowest BCUT2D eigenvalue weighted by atomic mass is 10.1. The maximum atomic E-state index is 12.8. The molecule has 0 radical (unpaired) electrons. The molecule has 0 unspecified atom stereocenters. The zero-order valence-electron chi connectivity index (χ0n) is 16.8. The maximum Gasteiger partial charge on any atom is 0.264 e. The van der Waals surface area contributed by atoms with E-state index in [4.69, 9.17) is 13.6 Å². The van der Waals surface area contributed by atoms with Gasteiger partial charge in [-0.3, -0.25) is 9.59 Å². The van der Waals surface area contributed by atoms with Crippen molar-refractivity contribution in [2.75, 3.05) is 24.3 Å². The first-order valence-electron chi connectivity index (χ1n) is 9.62. The van der Waals surface area contributed by atoms with Gasteiger partial charge < -0.3 is 18.5 Å². The first kappa shape index (κ1) is 20.0. The highest BCUT2D eigenvalue weighted by molar-refractivity contribution is 7.99. The van der Waals surface area contributed by atoms with Gasteiger partial charge in [0.2, 0.25) is 5.16 Å². The molecule has 0 atom stereocenters. The van der Waals surface area contributed by atoms with Gasteiger partial charge >= 0.3 is 0 Å². The molecule has 1 aliphatic rings. The molecule has 10 heteroatoms. The van der Waals surface area contributed by atoms with Crippen molar-refractivity contribution in [3.63, 3.8) is 0 Å². The zero-order chi connectivity index (χ0) is 22.1. The lowest BCUT2D eigenvalue weighted by molar-refractivity contribution is -0.120. The minimum atomic E-state index is -0.168. The van der Waals surface area contributed by atoms with Crippen LogP contribution in [-0.2, 0) is 4.79 Å². The molecule has 4 aromatic rings. The van der Waals surface area contributed by atoms with E-state index in [1.165, 1.54) is 4.90 Å². The topological polar surface area (TPSA) is 112 Å². The second-order valence-electron chi connectivity index (χ2n) is 6.88. The third kappa shape index (κ3) is 3.76. The number of fused-ring (bicyclic) bond motifs is 1. The Morgan fingerprint density at radius 3 is 2.53 bits per heavy atom. The smallest absolute Gasteiger partial charge is 0.264 e. The number of hydrogen-bond donors (Lipinski definition) is 0. The molecule has 0 bridgehead atoms. The van der Waals surface area contributed by atoms with Crippen LogP contribution in [0, 0.1) is 0 Å². The number of Topliss-reactive ketones (excluding diaryl/α,β-unsaturated/α-hetero) is 1. The minimum absolute atomic E-state index is 0.0109. The molecule has 0 saturated heterocycles. The first-order chi connectivity index (χ1) is 15.6. The van der Waals surface area contributed by atoms with Gasteiger partial charge in [0.25, 0.3) is 5.91 Å². The molecule has 0 aliphatic carbocycles.